The van der Waals surface area contributed by atoms with Crippen molar-refractivity contribution in [2.45, 2.75) is 12.8 Å². The van der Waals surface area contributed by atoms with Gasteiger partial charge in [-0.05, 0) is 30.3 Å². The van der Waals surface area contributed by atoms with Crippen molar-refractivity contribution in [1.82, 2.24) is 10.6 Å². The van der Waals surface area contributed by atoms with E-state index in [2.05, 4.69) is 10.6 Å². The van der Waals surface area contributed by atoms with Gasteiger partial charge in [-0.3, -0.25) is 4.79 Å². The van der Waals surface area contributed by atoms with Crippen LogP contribution in [0.4, 0.5) is 0 Å². The van der Waals surface area contributed by atoms with Gasteiger partial charge < -0.3 is 10.6 Å². The number of thioether (sulfide) groups is 1. The molecule has 2 aliphatic rings. The first-order valence-electron chi connectivity index (χ1n) is 5.42. The number of carbonyl (C=O) groups excluding carboxylic acids is 1. The third-order valence-electron chi connectivity index (χ3n) is 3.06. The van der Waals surface area contributed by atoms with E-state index in [0.29, 0.717) is 0 Å². The predicted octanol–water partition coefficient (Wildman–Crippen LogP) is 0.887. The van der Waals surface area contributed by atoms with Crippen LogP contribution in [0.5, 0.6) is 0 Å². The summed E-state index contributed by atoms with van der Waals surface area (Å²) < 4.78 is 0. The summed E-state index contributed by atoms with van der Waals surface area (Å²) in [5, 5.41) is 6.18. The van der Waals surface area contributed by atoms with Crippen molar-refractivity contribution >= 4 is 30.1 Å². The molecule has 2 fully saturated rings. The highest BCUT2D eigenvalue weighted by Gasteiger charge is 2.25. The molecule has 0 spiro atoms. The maximum absolute atomic E-state index is 11.5. The summed E-state index contributed by atoms with van der Waals surface area (Å²) in [5.41, 5.74) is 0. The van der Waals surface area contributed by atoms with Crippen molar-refractivity contribution in [3.05, 3.63) is 0 Å². The topological polar surface area (TPSA) is 41.1 Å². The lowest BCUT2D eigenvalue weighted by Gasteiger charge is -2.27. The smallest absolute Gasteiger partial charge is 0.225 e. The van der Waals surface area contributed by atoms with Gasteiger partial charge in [-0.25, -0.2) is 0 Å². The van der Waals surface area contributed by atoms with Crippen LogP contribution in [0.3, 0.4) is 0 Å². The fourth-order valence-electron chi connectivity index (χ4n) is 1.81. The van der Waals surface area contributed by atoms with Crippen LogP contribution >= 0.6 is 24.2 Å². The van der Waals surface area contributed by atoms with Gasteiger partial charge in [-0.2, -0.15) is 11.8 Å². The average Bonchev–Trinajstić information content (AvgIpc) is 2.14. The van der Waals surface area contributed by atoms with Crippen LogP contribution in [0.25, 0.3) is 0 Å². The van der Waals surface area contributed by atoms with Gasteiger partial charge in [-0.1, -0.05) is 0 Å². The Kier molecular flexibility index (Phi) is 5.79. The lowest BCUT2D eigenvalue weighted by atomic mass is 10.0. The lowest BCUT2D eigenvalue weighted by molar-refractivity contribution is -0.126. The van der Waals surface area contributed by atoms with E-state index in [0.717, 1.165) is 25.6 Å². The molecule has 2 heterocycles. The van der Waals surface area contributed by atoms with Crippen molar-refractivity contribution < 1.29 is 4.79 Å². The largest absolute Gasteiger partial charge is 0.356 e. The molecule has 0 aliphatic carbocycles. The summed E-state index contributed by atoms with van der Waals surface area (Å²) in [6.07, 6.45) is 2.54. The highest BCUT2D eigenvalue weighted by Crippen LogP contribution is 2.21. The van der Waals surface area contributed by atoms with E-state index in [4.69, 9.17) is 0 Å². The Labute approximate surface area is 102 Å². The maximum Gasteiger partial charge on any atom is 0.225 e. The van der Waals surface area contributed by atoms with E-state index < -0.39 is 0 Å². The highest BCUT2D eigenvalue weighted by molar-refractivity contribution is 7.99. The standard InChI is InChI=1S/C10H18N2OS.ClH/c13-10(9-6-11-7-9)12-5-8-1-3-14-4-2-8;/h8-9,11H,1-7H2,(H,12,13);1H. The van der Waals surface area contributed by atoms with E-state index in [1.54, 1.807) is 0 Å². The van der Waals surface area contributed by atoms with Crippen LogP contribution in [0, 0.1) is 11.8 Å². The van der Waals surface area contributed by atoms with E-state index in [1.807, 2.05) is 11.8 Å². The van der Waals surface area contributed by atoms with Crippen LogP contribution in [0.1, 0.15) is 12.8 Å². The Morgan fingerprint density at radius 2 is 2.00 bits per heavy atom. The van der Waals surface area contributed by atoms with Crippen molar-refractivity contribution in [2.24, 2.45) is 11.8 Å². The van der Waals surface area contributed by atoms with Gasteiger partial charge in [0.15, 0.2) is 0 Å². The molecule has 2 aliphatic heterocycles. The molecule has 88 valence electrons. The van der Waals surface area contributed by atoms with Gasteiger partial charge in [0.05, 0.1) is 5.92 Å². The Morgan fingerprint density at radius 3 is 2.53 bits per heavy atom. The first-order valence-corrected chi connectivity index (χ1v) is 6.58. The van der Waals surface area contributed by atoms with Crippen molar-refractivity contribution in [1.29, 1.82) is 0 Å². The Morgan fingerprint density at radius 1 is 1.33 bits per heavy atom. The van der Waals surface area contributed by atoms with Crippen LogP contribution in [0.15, 0.2) is 0 Å². The van der Waals surface area contributed by atoms with E-state index in [9.17, 15) is 4.79 Å². The SMILES string of the molecule is Cl.O=C(NCC1CCSCC1)C1CNC1. The number of hydrogen-bond acceptors (Lipinski definition) is 3. The summed E-state index contributed by atoms with van der Waals surface area (Å²) in [4.78, 5) is 11.5. The Balaban J connectivity index is 0.00000112. The molecule has 3 nitrogen and oxygen atoms in total. The van der Waals surface area contributed by atoms with Crippen molar-refractivity contribution in [3.8, 4) is 0 Å². The number of carbonyl (C=O) groups is 1. The normalized spacial score (nSPS) is 22.7. The number of rotatable bonds is 3. The maximum atomic E-state index is 11.5. The van der Waals surface area contributed by atoms with Gasteiger partial charge in [0.2, 0.25) is 5.91 Å². The van der Waals surface area contributed by atoms with Gasteiger partial charge in [0, 0.05) is 19.6 Å². The molecule has 0 bridgehead atoms. The zero-order chi connectivity index (χ0) is 9.80. The number of hydrogen-bond donors (Lipinski definition) is 2. The second-order valence-corrected chi connectivity index (χ2v) is 5.38. The monoisotopic (exact) mass is 250 g/mol. The summed E-state index contributed by atoms with van der Waals surface area (Å²) in [5.74, 6) is 3.76. The minimum atomic E-state index is 0. The molecule has 2 rings (SSSR count). The summed E-state index contributed by atoms with van der Waals surface area (Å²) in [7, 11) is 0. The van der Waals surface area contributed by atoms with Crippen molar-refractivity contribution in [2.75, 3.05) is 31.1 Å². The van der Waals surface area contributed by atoms with E-state index in [1.165, 1.54) is 24.3 Å². The molecule has 5 heteroatoms. The zero-order valence-electron chi connectivity index (χ0n) is 8.83. The third kappa shape index (κ3) is 3.85. The van der Waals surface area contributed by atoms with Crippen LogP contribution in [-0.4, -0.2) is 37.0 Å². The van der Waals surface area contributed by atoms with Gasteiger partial charge in [0.25, 0.3) is 0 Å². The predicted molar refractivity (Wildman–Crippen MR) is 66.7 cm³/mol. The molecular weight excluding hydrogens is 232 g/mol. The average molecular weight is 251 g/mol. The molecule has 0 saturated carbocycles. The van der Waals surface area contributed by atoms with Gasteiger partial charge in [0.1, 0.15) is 0 Å². The molecule has 0 aromatic carbocycles. The number of amides is 1. The Bertz CT molecular complexity index is 206. The summed E-state index contributed by atoms with van der Waals surface area (Å²) in [6, 6.07) is 0. The zero-order valence-corrected chi connectivity index (χ0v) is 10.5. The lowest BCUT2D eigenvalue weighted by Crippen LogP contribution is -2.51. The highest BCUT2D eigenvalue weighted by atomic mass is 35.5. The minimum absolute atomic E-state index is 0. The molecule has 15 heavy (non-hydrogen) atoms. The first kappa shape index (κ1) is 13.1. The third-order valence-corrected chi connectivity index (χ3v) is 4.11. The second-order valence-electron chi connectivity index (χ2n) is 4.16. The van der Waals surface area contributed by atoms with Crippen LogP contribution < -0.4 is 10.6 Å². The fraction of sp³-hybridized carbons (Fsp3) is 0.900. The van der Waals surface area contributed by atoms with Gasteiger partial charge in [-0.15, -0.1) is 12.4 Å². The molecular formula is C10H19ClN2OS. The first-order chi connectivity index (χ1) is 6.86. The van der Waals surface area contributed by atoms with Crippen molar-refractivity contribution in [3.63, 3.8) is 0 Å². The molecule has 2 N–H and O–H groups in total. The van der Waals surface area contributed by atoms with Gasteiger partial charge >= 0.3 is 0 Å². The fourth-order valence-corrected chi connectivity index (χ4v) is 3.02. The van der Waals surface area contributed by atoms with E-state index in [-0.39, 0.29) is 24.2 Å². The van der Waals surface area contributed by atoms with E-state index >= 15 is 0 Å². The molecule has 1 amide bonds. The van der Waals surface area contributed by atoms with Crippen LogP contribution in [-0.2, 0) is 4.79 Å². The minimum Gasteiger partial charge on any atom is -0.356 e. The number of halogens is 1. The Hall–Kier alpha value is 0.0700. The quantitative estimate of drug-likeness (QED) is 0.782. The summed E-state index contributed by atoms with van der Waals surface area (Å²) >= 11 is 2.03. The molecule has 0 unspecified atom stereocenters. The van der Waals surface area contributed by atoms with Crippen LogP contribution in [0.2, 0.25) is 0 Å². The molecule has 0 aromatic heterocycles. The summed E-state index contributed by atoms with van der Waals surface area (Å²) in [6.45, 7) is 2.63. The molecule has 0 atom stereocenters. The molecule has 0 radical (unpaired) electrons. The number of nitrogens with one attached hydrogen (secondary N) is 2. The molecule has 2 saturated heterocycles. The molecule has 0 aromatic rings. The second kappa shape index (κ2) is 6.61.